The molecule has 4 heteroatoms. The third-order valence-corrected chi connectivity index (χ3v) is 1.39. The quantitative estimate of drug-likeness (QED) is 0.616. The second-order valence-corrected chi connectivity index (χ2v) is 4.06. The summed E-state index contributed by atoms with van der Waals surface area (Å²) in [6.07, 6.45) is 1.13. The summed E-state index contributed by atoms with van der Waals surface area (Å²) in [6, 6.07) is 0. The average molecular weight is 150 g/mol. The standard InChI is InChI=1S/C5H12NO2S/c1-5(2)4-6-9(3,7)8/h5-6H,1,4H2,2-3H3. The lowest BCUT2D eigenvalue weighted by Crippen LogP contribution is -2.25. The van der Waals surface area contributed by atoms with Gasteiger partial charge in [0.1, 0.15) is 0 Å². The molecule has 1 atom stereocenters. The van der Waals surface area contributed by atoms with Gasteiger partial charge in [-0.15, -0.1) is 0 Å². The first-order chi connectivity index (χ1) is 3.92. The summed E-state index contributed by atoms with van der Waals surface area (Å²) in [6.45, 7) is 5.88. The van der Waals surface area contributed by atoms with Gasteiger partial charge in [-0.3, -0.25) is 0 Å². The van der Waals surface area contributed by atoms with Gasteiger partial charge in [0.15, 0.2) is 0 Å². The van der Waals surface area contributed by atoms with Crippen LogP contribution in [-0.2, 0) is 10.0 Å². The Labute approximate surface area is 56.5 Å². The van der Waals surface area contributed by atoms with Crippen molar-refractivity contribution in [1.29, 1.82) is 0 Å². The van der Waals surface area contributed by atoms with E-state index in [4.69, 9.17) is 0 Å². The van der Waals surface area contributed by atoms with Crippen LogP contribution in [0.2, 0.25) is 0 Å². The molecule has 0 aromatic heterocycles. The van der Waals surface area contributed by atoms with Crippen LogP contribution < -0.4 is 4.72 Å². The van der Waals surface area contributed by atoms with E-state index in [1.54, 1.807) is 0 Å². The fourth-order valence-corrected chi connectivity index (χ4v) is 0.881. The summed E-state index contributed by atoms with van der Waals surface area (Å²) in [4.78, 5) is 0. The Bertz CT molecular complexity index is 160. The molecule has 0 aromatic rings. The van der Waals surface area contributed by atoms with Crippen LogP contribution >= 0.6 is 0 Å². The van der Waals surface area contributed by atoms with Crippen LogP contribution in [0.5, 0.6) is 0 Å². The van der Waals surface area contributed by atoms with Crippen LogP contribution in [0.25, 0.3) is 0 Å². The predicted molar refractivity (Wildman–Crippen MR) is 37.4 cm³/mol. The van der Waals surface area contributed by atoms with E-state index in [0.29, 0.717) is 6.54 Å². The van der Waals surface area contributed by atoms with Crippen molar-refractivity contribution in [2.75, 3.05) is 12.8 Å². The van der Waals surface area contributed by atoms with Crippen LogP contribution in [0.4, 0.5) is 0 Å². The largest absolute Gasteiger partial charge is 0.215 e. The van der Waals surface area contributed by atoms with Crippen LogP contribution in [-0.4, -0.2) is 21.2 Å². The molecule has 0 saturated heterocycles. The number of hydrogen-bond donors (Lipinski definition) is 1. The van der Waals surface area contributed by atoms with Gasteiger partial charge in [0.25, 0.3) is 0 Å². The number of sulfonamides is 1. The summed E-state index contributed by atoms with van der Waals surface area (Å²) in [5.41, 5.74) is 0. The molecule has 0 aromatic carbocycles. The van der Waals surface area contributed by atoms with Gasteiger partial charge in [-0.1, -0.05) is 6.92 Å². The van der Waals surface area contributed by atoms with Crippen molar-refractivity contribution < 1.29 is 8.42 Å². The Balaban J connectivity index is 3.53. The van der Waals surface area contributed by atoms with Crippen LogP contribution in [0.1, 0.15) is 6.92 Å². The lowest BCUT2D eigenvalue weighted by Gasteiger charge is -2.03. The van der Waals surface area contributed by atoms with Gasteiger partial charge < -0.3 is 0 Å². The highest BCUT2D eigenvalue weighted by Gasteiger charge is 2.00. The van der Waals surface area contributed by atoms with Gasteiger partial charge in [0.2, 0.25) is 10.0 Å². The molecule has 9 heavy (non-hydrogen) atoms. The van der Waals surface area contributed by atoms with E-state index in [1.807, 2.05) is 6.92 Å². The molecular formula is C5H12NO2S. The fourth-order valence-electron chi connectivity index (χ4n) is 0.294. The summed E-state index contributed by atoms with van der Waals surface area (Å²) in [5.74, 6) is 0.125. The number of hydrogen-bond acceptors (Lipinski definition) is 2. The van der Waals surface area contributed by atoms with E-state index in [2.05, 4.69) is 11.6 Å². The minimum absolute atomic E-state index is 0.125. The molecule has 3 nitrogen and oxygen atoms in total. The molecule has 1 N–H and O–H groups in total. The fraction of sp³-hybridized carbons (Fsp3) is 0.800. The van der Waals surface area contributed by atoms with Gasteiger partial charge >= 0.3 is 0 Å². The second-order valence-electron chi connectivity index (χ2n) is 2.23. The molecule has 1 unspecified atom stereocenters. The zero-order valence-electron chi connectivity index (χ0n) is 5.72. The topological polar surface area (TPSA) is 46.2 Å². The Morgan fingerprint density at radius 1 is 1.67 bits per heavy atom. The summed E-state index contributed by atoms with van der Waals surface area (Å²) >= 11 is 0. The van der Waals surface area contributed by atoms with Crippen molar-refractivity contribution in [1.82, 2.24) is 4.72 Å². The van der Waals surface area contributed by atoms with E-state index >= 15 is 0 Å². The monoisotopic (exact) mass is 150 g/mol. The summed E-state index contributed by atoms with van der Waals surface area (Å²) < 4.78 is 23.1. The number of rotatable bonds is 3. The maximum absolute atomic E-state index is 10.4. The average Bonchev–Trinajstić information content (AvgIpc) is 1.59. The molecule has 0 bridgehead atoms. The second kappa shape index (κ2) is 3.17. The van der Waals surface area contributed by atoms with Crippen molar-refractivity contribution in [3.05, 3.63) is 6.92 Å². The van der Waals surface area contributed by atoms with Crippen molar-refractivity contribution in [2.24, 2.45) is 5.92 Å². The first kappa shape index (κ1) is 8.91. The van der Waals surface area contributed by atoms with Gasteiger partial charge in [-0.2, -0.15) is 0 Å². The molecule has 0 spiro atoms. The van der Waals surface area contributed by atoms with Gasteiger partial charge in [-0.25, -0.2) is 13.1 Å². The third kappa shape index (κ3) is 7.91. The lowest BCUT2D eigenvalue weighted by atomic mass is 10.2. The highest BCUT2D eigenvalue weighted by atomic mass is 32.2. The zero-order chi connectivity index (χ0) is 7.49. The SMILES string of the molecule is [CH2]C(C)CNS(C)(=O)=O. The Morgan fingerprint density at radius 3 is 2.22 bits per heavy atom. The molecular weight excluding hydrogens is 138 g/mol. The van der Waals surface area contributed by atoms with E-state index in [0.717, 1.165) is 6.26 Å². The minimum atomic E-state index is -3.01. The first-order valence-electron chi connectivity index (χ1n) is 2.69. The molecule has 1 radical (unpaired) electrons. The molecule has 0 aliphatic rings. The van der Waals surface area contributed by atoms with Crippen molar-refractivity contribution in [2.45, 2.75) is 6.92 Å². The molecule has 0 saturated carbocycles. The number of nitrogens with one attached hydrogen (secondary N) is 1. The van der Waals surface area contributed by atoms with Crippen LogP contribution in [0.15, 0.2) is 0 Å². The Kier molecular flexibility index (Phi) is 3.14. The summed E-state index contributed by atoms with van der Waals surface area (Å²) in [7, 11) is -3.01. The highest BCUT2D eigenvalue weighted by Crippen LogP contribution is 1.87. The normalized spacial score (nSPS) is 12.4. The molecule has 0 aliphatic heterocycles. The zero-order valence-corrected chi connectivity index (χ0v) is 6.53. The van der Waals surface area contributed by atoms with Crippen molar-refractivity contribution >= 4 is 10.0 Å². The highest BCUT2D eigenvalue weighted by molar-refractivity contribution is 7.88. The Hall–Kier alpha value is -0.0900. The maximum atomic E-state index is 10.4. The molecule has 0 rings (SSSR count). The third-order valence-electron chi connectivity index (χ3n) is 0.694. The molecule has 0 aliphatic carbocycles. The van der Waals surface area contributed by atoms with Gasteiger partial charge in [-0.05, 0) is 12.8 Å². The summed E-state index contributed by atoms with van der Waals surface area (Å²) in [5, 5.41) is 0. The van der Waals surface area contributed by atoms with E-state index in [1.165, 1.54) is 0 Å². The minimum Gasteiger partial charge on any atom is -0.215 e. The van der Waals surface area contributed by atoms with Gasteiger partial charge in [0, 0.05) is 6.54 Å². The van der Waals surface area contributed by atoms with Crippen molar-refractivity contribution in [3.63, 3.8) is 0 Å². The molecule has 0 fully saturated rings. The molecule has 55 valence electrons. The molecule has 0 heterocycles. The van der Waals surface area contributed by atoms with Gasteiger partial charge in [0.05, 0.1) is 6.26 Å². The first-order valence-corrected chi connectivity index (χ1v) is 4.58. The van der Waals surface area contributed by atoms with Crippen LogP contribution in [0, 0.1) is 12.8 Å². The maximum Gasteiger partial charge on any atom is 0.208 e. The van der Waals surface area contributed by atoms with E-state index in [9.17, 15) is 8.42 Å². The lowest BCUT2D eigenvalue weighted by molar-refractivity contribution is 0.576. The molecule has 0 amide bonds. The van der Waals surface area contributed by atoms with Crippen LogP contribution in [0.3, 0.4) is 0 Å². The smallest absolute Gasteiger partial charge is 0.208 e. The van der Waals surface area contributed by atoms with E-state index < -0.39 is 10.0 Å². The van der Waals surface area contributed by atoms with Crippen molar-refractivity contribution in [3.8, 4) is 0 Å². The van der Waals surface area contributed by atoms with E-state index in [-0.39, 0.29) is 5.92 Å². The predicted octanol–water partition coefficient (Wildman–Crippen LogP) is 0.00579. The Morgan fingerprint density at radius 2 is 2.11 bits per heavy atom.